The Labute approximate surface area is 115 Å². The largest absolute Gasteiger partial charge is 0.462 e. The molecule has 0 amide bonds. The molecule has 2 rings (SSSR count). The van der Waals surface area contributed by atoms with Crippen LogP contribution in [0.1, 0.15) is 17.1 Å². The van der Waals surface area contributed by atoms with E-state index in [2.05, 4.69) is 4.72 Å². The summed E-state index contributed by atoms with van der Waals surface area (Å²) < 4.78 is 31.8. The van der Waals surface area contributed by atoms with Crippen molar-refractivity contribution in [1.82, 2.24) is 4.72 Å². The summed E-state index contributed by atoms with van der Waals surface area (Å²) in [4.78, 5) is 0.0851. The second-order valence-electron chi connectivity index (χ2n) is 4.07. The molecule has 0 atom stereocenters. The molecule has 0 unspecified atom stereocenters. The highest BCUT2D eigenvalue weighted by Crippen LogP contribution is 2.19. The topological polar surface area (TPSA) is 79.5 Å². The first-order chi connectivity index (χ1) is 9.03. The van der Waals surface area contributed by atoms with Crippen molar-refractivity contribution in [2.75, 3.05) is 6.54 Å². The second kappa shape index (κ2) is 5.87. The van der Waals surface area contributed by atoms with Crippen molar-refractivity contribution >= 4 is 21.4 Å². The number of aliphatic hydroxyl groups excluding tert-OH is 1. The van der Waals surface area contributed by atoms with E-state index in [0.29, 0.717) is 13.0 Å². The minimum absolute atomic E-state index is 0.0851. The van der Waals surface area contributed by atoms with Crippen LogP contribution in [0.4, 0.5) is 0 Å². The van der Waals surface area contributed by atoms with Crippen molar-refractivity contribution in [3.05, 3.63) is 40.0 Å². The molecule has 2 N–H and O–H groups in total. The van der Waals surface area contributed by atoms with Gasteiger partial charge in [0.25, 0.3) is 0 Å². The van der Waals surface area contributed by atoms with Crippen LogP contribution in [0.2, 0.25) is 0 Å². The Kier molecular flexibility index (Phi) is 4.41. The number of rotatable bonds is 6. The highest BCUT2D eigenvalue weighted by Gasteiger charge is 2.20. The van der Waals surface area contributed by atoms with Gasteiger partial charge in [-0.1, -0.05) is 0 Å². The van der Waals surface area contributed by atoms with E-state index in [9.17, 15) is 8.42 Å². The lowest BCUT2D eigenvalue weighted by Gasteiger charge is -2.04. The van der Waals surface area contributed by atoms with E-state index in [1.54, 1.807) is 18.3 Å². The minimum Gasteiger partial charge on any atom is -0.462 e. The zero-order valence-electron chi connectivity index (χ0n) is 10.4. The third-order valence-corrected chi connectivity index (χ3v) is 4.96. The van der Waals surface area contributed by atoms with Crippen LogP contribution in [0, 0.1) is 6.92 Å². The highest BCUT2D eigenvalue weighted by atomic mass is 32.2. The van der Waals surface area contributed by atoms with E-state index in [1.807, 2.05) is 16.8 Å². The summed E-state index contributed by atoms with van der Waals surface area (Å²) in [6, 6.07) is 3.31. The second-order valence-corrected chi connectivity index (χ2v) is 6.59. The van der Waals surface area contributed by atoms with E-state index in [0.717, 1.165) is 5.56 Å². The number of thiophene rings is 1. The SMILES string of the molecule is Cc1oc(CO)cc1S(=O)(=O)NCCc1ccsc1. The van der Waals surface area contributed by atoms with E-state index in [1.165, 1.54) is 6.07 Å². The molecule has 0 fully saturated rings. The number of nitrogens with one attached hydrogen (secondary N) is 1. The molecule has 2 aromatic rings. The molecular formula is C12H15NO4S2. The van der Waals surface area contributed by atoms with E-state index in [4.69, 9.17) is 9.52 Å². The summed E-state index contributed by atoms with van der Waals surface area (Å²) in [7, 11) is -3.58. The maximum atomic E-state index is 12.1. The molecule has 5 nitrogen and oxygen atoms in total. The van der Waals surface area contributed by atoms with Gasteiger partial charge in [-0.2, -0.15) is 11.3 Å². The first-order valence-corrected chi connectivity index (χ1v) is 8.16. The molecule has 0 saturated carbocycles. The number of sulfonamides is 1. The Balaban J connectivity index is 2.03. The van der Waals surface area contributed by atoms with Crippen LogP contribution in [-0.4, -0.2) is 20.1 Å². The van der Waals surface area contributed by atoms with Gasteiger partial charge in [-0.15, -0.1) is 0 Å². The molecule has 0 radical (unpaired) electrons. The molecule has 19 heavy (non-hydrogen) atoms. The predicted octanol–water partition coefficient (Wildman–Crippen LogP) is 1.66. The summed E-state index contributed by atoms with van der Waals surface area (Å²) in [6.07, 6.45) is 0.645. The minimum atomic E-state index is -3.58. The van der Waals surface area contributed by atoms with Gasteiger partial charge in [0.15, 0.2) is 0 Å². The maximum Gasteiger partial charge on any atom is 0.244 e. The van der Waals surface area contributed by atoms with E-state index < -0.39 is 10.0 Å². The molecule has 0 aliphatic carbocycles. The molecule has 0 aliphatic rings. The third-order valence-electron chi connectivity index (χ3n) is 2.65. The Morgan fingerprint density at radius 3 is 2.84 bits per heavy atom. The van der Waals surface area contributed by atoms with Gasteiger partial charge in [-0.3, -0.25) is 0 Å². The van der Waals surface area contributed by atoms with Crippen molar-refractivity contribution in [2.24, 2.45) is 0 Å². The van der Waals surface area contributed by atoms with Gasteiger partial charge in [-0.05, 0) is 35.7 Å². The maximum absolute atomic E-state index is 12.1. The van der Waals surface area contributed by atoms with Crippen LogP contribution in [0.25, 0.3) is 0 Å². The molecule has 0 aliphatic heterocycles. The Bertz CT molecular complexity index is 629. The quantitative estimate of drug-likeness (QED) is 0.850. The molecule has 0 aromatic carbocycles. The monoisotopic (exact) mass is 301 g/mol. The van der Waals surface area contributed by atoms with Crippen LogP contribution < -0.4 is 4.72 Å². The van der Waals surface area contributed by atoms with Gasteiger partial charge in [0.05, 0.1) is 0 Å². The smallest absolute Gasteiger partial charge is 0.244 e. The molecule has 7 heteroatoms. The molecule has 0 saturated heterocycles. The van der Waals surface area contributed by atoms with Gasteiger partial charge in [-0.25, -0.2) is 13.1 Å². The molecule has 104 valence electrons. The molecular weight excluding hydrogens is 286 g/mol. The lowest BCUT2D eigenvalue weighted by molar-refractivity contribution is 0.244. The average Bonchev–Trinajstić information content (AvgIpc) is 2.98. The van der Waals surface area contributed by atoms with Crippen molar-refractivity contribution < 1.29 is 17.9 Å². The third kappa shape index (κ3) is 3.44. The zero-order valence-corrected chi connectivity index (χ0v) is 12.1. The summed E-state index contributed by atoms with van der Waals surface area (Å²) in [5, 5.41) is 12.9. The number of aryl methyl sites for hydroxylation is 1. The summed E-state index contributed by atoms with van der Waals surface area (Å²) in [5.74, 6) is 0.530. The van der Waals surface area contributed by atoms with Crippen LogP contribution in [0.15, 0.2) is 32.2 Å². The fraction of sp³-hybridized carbons (Fsp3) is 0.333. The predicted molar refractivity (Wildman–Crippen MR) is 72.6 cm³/mol. The van der Waals surface area contributed by atoms with Gasteiger partial charge in [0.1, 0.15) is 23.0 Å². The van der Waals surface area contributed by atoms with E-state index in [-0.39, 0.29) is 23.0 Å². The van der Waals surface area contributed by atoms with Crippen LogP contribution in [0.3, 0.4) is 0 Å². The normalized spacial score (nSPS) is 11.9. The average molecular weight is 301 g/mol. The van der Waals surface area contributed by atoms with Crippen LogP contribution in [-0.2, 0) is 23.1 Å². The highest BCUT2D eigenvalue weighted by molar-refractivity contribution is 7.89. The van der Waals surface area contributed by atoms with Gasteiger partial charge in [0, 0.05) is 12.6 Å². The molecule has 2 aromatic heterocycles. The zero-order chi connectivity index (χ0) is 13.9. The van der Waals surface area contributed by atoms with Crippen molar-refractivity contribution in [1.29, 1.82) is 0 Å². The molecule has 2 heterocycles. The van der Waals surface area contributed by atoms with Crippen LogP contribution >= 0.6 is 11.3 Å². The van der Waals surface area contributed by atoms with Gasteiger partial charge >= 0.3 is 0 Å². The standard InChI is InChI=1S/C12H15NO4S2/c1-9-12(6-11(7-14)17-9)19(15,16)13-4-2-10-3-5-18-8-10/h3,5-6,8,13-14H,2,4,7H2,1H3. The first kappa shape index (κ1) is 14.3. The first-order valence-electron chi connectivity index (χ1n) is 5.74. The fourth-order valence-electron chi connectivity index (χ4n) is 1.71. The fourth-order valence-corrected chi connectivity index (χ4v) is 3.65. The number of aliphatic hydroxyl groups is 1. The summed E-state index contributed by atoms with van der Waals surface area (Å²) >= 11 is 1.58. The van der Waals surface area contributed by atoms with Crippen molar-refractivity contribution in [3.63, 3.8) is 0 Å². The Hall–Kier alpha value is -1.15. The van der Waals surface area contributed by atoms with Crippen LogP contribution in [0.5, 0.6) is 0 Å². The lowest BCUT2D eigenvalue weighted by atomic mass is 10.2. The summed E-state index contributed by atoms with van der Waals surface area (Å²) in [5.41, 5.74) is 1.10. The number of hydrogen-bond donors (Lipinski definition) is 2. The molecule has 0 spiro atoms. The summed E-state index contributed by atoms with van der Waals surface area (Å²) in [6.45, 7) is 1.58. The Morgan fingerprint density at radius 1 is 1.47 bits per heavy atom. The number of hydrogen-bond acceptors (Lipinski definition) is 5. The van der Waals surface area contributed by atoms with Gasteiger partial charge < -0.3 is 9.52 Å². The van der Waals surface area contributed by atoms with E-state index >= 15 is 0 Å². The van der Waals surface area contributed by atoms with Crippen molar-refractivity contribution in [3.8, 4) is 0 Å². The number of furan rings is 1. The lowest BCUT2D eigenvalue weighted by Crippen LogP contribution is -2.26. The van der Waals surface area contributed by atoms with Gasteiger partial charge in [0.2, 0.25) is 10.0 Å². The Morgan fingerprint density at radius 2 is 2.26 bits per heavy atom. The van der Waals surface area contributed by atoms with Crippen molar-refractivity contribution in [2.45, 2.75) is 24.8 Å². The molecule has 0 bridgehead atoms.